The molecule has 1 unspecified atom stereocenters. The molecule has 0 saturated carbocycles. The van der Waals surface area contributed by atoms with Crippen LogP contribution in [0.1, 0.15) is 20.3 Å². The molecule has 2 rings (SSSR count). The van der Waals surface area contributed by atoms with Gasteiger partial charge in [-0.25, -0.2) is 4.90 Å². The van der Waals surface area contributed by atoms with E-state index in [-0.39, 0.29) is 11.7 Å². The number of carbonyl (C=O) groups excluding carboxylic acids is 1. The number of ketones is 1. The monoisotopic (exact) mass is 229 g/mol. The second-order valence-corrected chi connectivity index (χ2v) is 4.23. The number of hydrogen-bond donors (Lipinski definition) is 0. The van der Waals surface area contributed by atoms with Crippen LogP contribution in [0.3, 0.4) is 0 Å². The lowest BCUT2D eigenvalue weighted by Gasteiger charge is -2.40. The fourth-order valence-electron chi connectivity index (χ4n) is 2.09. The first-order valence-electron chi connectivity index (χ1n) is 5.87. The van der Waals surface area contributed by atoms with Crippen molar-refractivity contribution in [2.45, 2.75) is 26.4 Å². The minimum absolute atomic E-state index is 0.135. The molecule has 2 aliphatic heterocycles. The van der Waals surface area contributed by atoms with Crippen molar-refractivity contribution in [3.05, 3.63) is 0 Å². The standard InChI is InChI=1S/C11H19NO4/c1-3-14-11(15-6-7-16-11)12-5-4-9(2)10(13)8-12/h9H,3-8H2,1-2H3. The zero-order chi connectivity index (χ0) is 11.6. The maximum Gasteiger partial charge on any atom is 0.354 e. The maximum absolute atomic E-state index is 11.7. The molecule has 0 aliphatic carbocycles. The molecule has 0 spiro atoms. The van der Waals surface area contributed by atoms with E-state index in [1.165, 1.54) is 0 Å². The molecule has 0 aromatic heterocycles. The van der Waals surface area contributed by atoms with Crippen molar-refractivity contribution >= 4 is 5.78 Å². The van der Waals surface area contributed by atoms with E-state index in [2.05, 4.69) is 0 Å². The largest absolute Gasteiger partial charge is 0.354 e. The highest BCUT2D eigenvalue weighted by molar-refractivity contribution is 5.83. The van der Waals surface area contributed by atoms with Crippen molar-refractivity contribution < 1.29 is 19.0 Å². The molecule has 0 bridgehead atoms. The SMILES string of the molecule is CCOC1(N2CCC(C)C(=O)C2)OCCO1. The van der Waals surface area contributed by atoms with Gasteiger partial charge in [0.2, 0.25) is 0 Å². The zero-order valence-corrected chi connectivity index (χ0v) is 9.90. The summed E-state index contributed by atoms with van der Waals surface area (Å²) in [5, 5.41) is 0. The van der Waals surface area contributed by atoms with Gasteiger partial charge in [-0.1, -0.05) is 6.92 Å². The number of rotatable bonds is 3. The quantitative estimate of drug-likeness (QED) is 0.709. The second-order valence-electron chi connectivity index (χ2n) is 4.23. The van der Waals surface area contributed by atoms with Gasteiger partial charge in [0.05, 0.1) is 26.4 Å². The van der Waals surface area contributed by atoms with Crippen LogP contribution in [0.2, 0.25) is 0 Å². The summed E-state index contributed by atoms with van der Waals surface area (Å²) < 4.78 is 16.6. The van der Waals surface area contributed by atoms with Crippen LogP contribution in [0.5, 0.6) is 0 Å². The van der Waals surface area contributed by atoms with E-state index in [9.17, 15) is 4.79 Å². The molecule has 0 aromatic rings. The van der Waals surface area contributed by atoms with E-state index in [1.807, 2.05) is 18.7 Å². The average molecular weight is 229 g/mol. The van der Waals surface area contributed by atoms with Gasteiger partial charge in [-0.2, -0.15) is 0 Å². The number of nitrogens with zero attached hydrogens (tertiary/aromatic N) is 1. The Morgan fingerprint density at radius 2 is 2.19 bits per heavy atom. The fourth-order valence-corrected chi connectivity index (χ4v) is 2.09. The smallest absolute Gasteiger partial charge is 0.314 e. The van der Waals surface area contributed by atoms with Crippen LogP contribution in [-0.2, 0) is 19.0 Å². The third kappa shape index (κ3) is 2.13. The number of Topliss-reactive ketones (excluding diaryl/α,β-unsaturated/α-hetero) is 1. The van der Waals surface area contributed by atoms with Gasteiger partial charge < -0.3 is 14.2 Å². The first kappa shape index (κ1) is 12.0. The molecule has 1 atom stereocenters. The minimum Gasteiger partial charge on any atom is -0.314 e. The Kier molecular flexibility index (Phi) is 3.59. The Morgan fingerprint density at radius 3 is 2.75 bits per heavy atom. The summed E-state index contributed by atoms with van der Waals surface area (Å²) in [4.78, 5) is 13.6. The molecule has 2 fully saturated rings. The lowest BCUT2D eigenvalue weighted by molar-refractivity contribution is -0.404. The van der Waals surface area contributed by atoms with Crippen LogP contribution in [0.25, 0.3) is 0 Å². The summed E-state index contributed by atoms with van der Waals surface area (Å²) in [6, 6.07) is 0. The Labute approximate surface area is 95.6 Å². The van der Waals surface area contributed by atoms with Crippen molar-refractivity contribution in [2.24, 2.45) is 5.92 Å². The fraction of sp³-hybridized carbons (Fsp3) is 0.909. The van der Waals surface area contributed by atoms with Gasteiger partial charge in [0, 0.05) is 12.5 Å². The third-order valence-corrected chi connectivity index (χ3v) is 3.09. The highest BCUT2D eigenvalue weighted by Gasteiger charge is 2.46. The molecule has 2 heterocycles. The average Bonchev–Trinajstić information content (AvgIpc) is 2.72. The van der Waals surface area contributed by atoms with Crippen LogP contribution >= 0.6 is 0 Å². The van der Waals surface area contributed by atoms with Crippen LogP contribution in [0.4, 0.5) is 0 Å². The summed E-state index contributed by atoms with van der Waals surface area (Å²) in [7, 11) is 0. The number of carbonyl (C=O) groups is 1. The minimum atomic E-state index is -1.11. The molecule has 92 valence electrons. The summed E-state index contributed by atoms with van der Waals surface area (Å²) >= 11 is 0. The molecule has 2 aliphatic rings. The number of ether oxygens (including phenoxy) is 3. The van der Waals surface area contributed by atoms with Gasteiger partial charge in [0.1, 0.15) is 5.78 Å². The molecule has 5 heteroatoms. The molecule has 2 saturated heterocycles. The maximum atomic E-state index is 11.7. The molecule has 0 aromatic carbocycles. The normalized spacial score (nSPS) is 30.9. The molecule has 5 nitrogen and oxygen atoms in total. The van der Waals surface area contributed by atoms with Gasteiger partial charge in [-0.05, 0) is 13.3 Å². The summed E-state index contributed by atoms with van der Waals surface area (Å²) in [6.45, 7) is 6.50. The van der Waals surface area contributed by atoms with Gasteiger partial charge in [-0.3, -0.25) is 4.79 Å². The lowest BCUT2D eigenvalue weighted by Crippen LogP contribution is -2.57. The van der Waals surface area contributed by atoms with Crippen LogP contribution in [0.15, 0.2) is 0 Å². The molecule has 0 N–H and O–H groups in total. The van der Waals surface area contributed by atoms with Crippen molar-refractivity contribution in [1.82, 2.24) is 4.90 Å². The Hall–Kier alpha value is -0.490. The van der Waals surface area contributed by atoms with Gasteiger partial charge in [0.15, 0.2) is 0 Å². The summed E-state index contributed by atoms with van der Waals surface area (Å²) in [5.74, 6) is 0.362. The van der Waals surface area contributed by atoms with Crippen molar-refractivity contribution in [1.29, 1.82) is 0 Å². The van der Waals surface area contributed by atoms with Crippen molar-refractivity contribution in [2.75, 3.05) is 32.9 Å². The first-order valence-corrected chi connectivity index (χ1v) is 5.87. The van der Waals surface area contributed by atoms with E-state index < -0.39 is 6.10 Å². The number of likely N-dealkylation sites (tertiary alicyclic amines) is 1. The Morgan fingerprint density at radius 1 is 1.50 bits per heavy atom. The Bertz CT molecular complexity index is 263. The summed E-state index contributed by atoms with van der Waals surface area (Å²) in [5.41, 5.74) is 0. The van der Waals surface area contributed by atoms with Gasteiger partial charge >= 0.3 is 6.10 Å². The number of hydrogen-bond acceptors (Lipinski definition) is 5. The van der Waals surface area contributed by atoms with E-state index >= 15 is 0 Å². The van der Waals surface area contributed by atoms with Crippen LogP contribution < -0.4 is 0 Å². The predicted molar refractivity (Wildman–Crippen MR) is 56.6 cm³/mol. The van der Waals surface area contributed by atoms with E-state index in [4.69, 9.17) is 14.2 Å². The van der Waals surface area contributed by atoms with Gasteiger partial charge in [-0.15, -0.1) is 0 Å². The molecule has 0 radical (unpaired) electrons. The molecular weight excluding hydrogens is 210 g/mol. The highest BCUT2D eigenvalue weighted by atomic mass is 16.9. The first-order chi connectivity index (χ1) is 7.68. The second kappa shape index (κ2) is 4.79. The molecule has 0 amide bonds. The van der Waals surface area contributed by atoms with E-state index in [0.29, 0.717) is 26.4 Å². The van der Waals surface area contributed by atoms with E-state index in [1.54, 1.807) is 0 Å². The summed E-state index contributed by atoms with van der Waals surface area (Å²) in [6.07, 6.45) is -0.273. The van der Waals surface area contributed by atoms with Crippen molar-refractivity contribution in [3.8, 4) is 0 Å². The van der Waals surface area contributed by atoms with Crippen molar-refractivity contribution in [3.63, 3.8) is 0 Å². The zero-order valence-electron chi connectivity index (χ0n) is 9.90. The van der Waals surface area contributed by atoms with Gasteiger partial charge in [0.25, 0.3) is 0 Å². The topological polar surface area (TPSA) is 48.0 Å². The molecule has 16 heavy (non-hydrogen) atoms. The number of piperidine rings is 1. The predicted octanol–water partition coefficient (Wildman–Crippen LogP) is 0.592. The highest BCUT2D eigenvalue weighted by Crippen LogP contribution is 2.29. The van der Waals surface area contributed by atoms with Crippen LogP contribution in [0, 0.1) is 5.92 Å². The molecular formula is C11H19NO4. The lowest BCUT2D eigenvalue weighted by atomic mass is 9.98. The van der Waals surface area contributed by atoms with E-state index in [0.717, 1.165) is 13.0 Å². The van der Waals surface area contributed by atoms with Crippen LogP contribution in [-0.4, -0.2) is 49.7 Å². The third-order valence-electron chi connectivity index (χ3n) is 3.09. The Balaban J connectivity index is 2.06.